The Kier molecular flexibility index (Phi) is 9.71. The van der Waals surface area contributed by atoms with Crippen LogP contribution in [0, 0.1) is 11.8 Å². The lowest BCUT2D eigenvalue weighted by molar-refractivity contribution is -0.298. The lowest BCUT2D eigenvalue weighted by atomic mass is 9.91. The SMILES string of the molecule is O=C(NCCO)C1=CC2OC(C3CC3)(C3CC3)OC2C(OC(=O)c2cccc(C=CCOC3OC(CO)C(O)C(O)C3O)c2)C1. The average molecular weight is 632 g/mol. The minimum atomic E-state index is -1.53. The van der Waals surface area contributed by atoms with E-state index in [0.717, 1.165) is 25.7 Å². The van der Waals surface area contributed by atoms with Gasteiger partial charge in [-0.2, -0.15) is 0 Å². The first-order valence-electron chi connectivity index (χ1n) is 15.6. The fraction of sp³-hybridized carbons (Fsp3) is 0.625. The van der Waals surface area contributed by atoms with Gasteiger partial charge in [-0.25, -0.2) is 4.79 Å². The smallest absolute Gasteiger partial charge is 0.338 e. The quantitative estimate of drug-likeness (QED) is 0.166. The van der Waals surface area contributed by atoms with E-state index in [2.05, 4.69) is 5.32 Å². The molecule has 246 valence electrons. The van der Waals surface area contributed by atoms with Crippen molar-refractivity contribution in [1.29, 1.82) is 0 Å². The van der Waals surface area contributed by atoms with Gasteiger partial charge in [-0.1, -0.05) is 24.3 Å². The van der Waals surface area contributed by atoms with E-state index >= 15 is 0 Å². The number of ether oxygens (including phenoxy) is 5. The van der Waals surface area contributed by atoms with Crippen LogP contribution in [0.3, 0.4) is 0 Å². The van der Waals surface area contributed by atoms with E-state index in [0.29, 0.717) is 28.5 Å². The molecule has 0 spiro atoms. The third-order valence-corrected chi connectivity index (χ3v) is 9.00. The molecule has 2 heterocycles. The molecule has 1 aromatic rings. The third kappa shape index (κ3) is 6.87. The molecular formula is C32H41NO12. The Morgan fingerprint density at radius 2 is 1.78 bits per heavy atom. The number of rotatable bonds is 12. The number of amides is 1. The van der Waals surface area contributed by atoms with Gasteiger partial charge < -0.3 is 54.5 Å². The first-order chi connectivity index (χ1) is 21.7. The van der Waals surface area contributed by atoms with Crippen LogP contribution in [0.15, 0.2) is 42.0 Å². The highest BCUT2D eigenvalue weighted by molar-refractivity contribution is 5.94. The maximum atomic E-state index is 13.4. The van der Waals surface area contributed by atoms with Crippen LogP contribution in [0.25, 0.3) is 6.08 Å². The van der Waals surface area contributed by atoms with E-state index in [1.807, 2.05) is 0 Å². The van der Waals surface area contributed by atoms with Crippen molar-refractivity contribution in [1.82, 2.24) is 5.32 Å². The molecule has 3 aliphatic carbocycles. The summed E-state index contributed by atoms with van der Waals surface area (Å²) >= 11 is 0. The first kappa shape index (κ1) is 32.2. The zero-order valence-electron chi connectivity index (χ0n) is 24.8. The molecular weight excluding hydrogens is 590 g/mol. The van der Waals surface area contributed by atoms with Gasteiger partial charge in [-0.3, -0.25) is 4.79 Å². The van der Waals surface area contributed by atoms with Crippen molar-refractivity contribution in [2.75, 3.05) is 26.4 Å². The second-order valence-electron chi connectivity index (χ2n) is 12.3. The second-order valence-corrected chi connectivity index (χ2v) is 12.3. The van der Waals surface area contributed by atoms with Crippen LogP contribution in [0.4, 0.5) is 0 Å². The fourth-order valence-electron chi connectivity index (χ4n) is 6.37. The number of fused-ring (bicyclic) bond motifs is 1. The number of esters is 1. The normalized spacial score (nSPS) is 34.3. The van der Waals surface area contributed by atoms with Gasteiger partial charge in [-0.05, 0) is 49.5 Å². The topological polar surface area (TPSA) is 193 Å². The Morgan fingerprint density at radius 3 is 2.47 bits per heavy atom. The molecule has 8 unspecified atom stereocenters. The first-order valence-corrected chi connectivity index (χ1v) is 15.6. The number of hydrogen-bond acceptors (Lipinski definition) is 12. The predicted molar refractivity (Wildman–Crippen MR) is 155 cm³/mol. The molecule has 0 aromatic heterocycles. The van der Waals surface area contributed by atoms with Gasteiger partial charge >= 0.3 is 5.97 Å². The molecule has 2 saturated carbocycles. The van der Waals surface area contributed by atoms with E-state index in [1.165, 1.54) is 0 Å². The monoisotopic (exact) mass is 631 g/mol. The van der Waals surface area contributed by atoms with Crippen molar-refractivity contribution in [2.45, 2.75) is 86.9 Å². The minimum Gasteiger partial charge on any atom is -0.456 e. The Hall–Kier alpha value is -2.72. The van der Waals surface area contributed by atoms with Gasteiger partial charge in [-0.15, -0.1) is 0 Å². The summed E-state index contributed by atoms with van der Waals surface area (Å²) in [5, 5.41) is 51.1. The molecule has 1 aromatic carbocycles. The van der Waals surface area contributed by atoms with Crippen molar-refractivity contribution in [2.24, 2.45) is 11.8 Å². The molecule has 8 atom stereocenters. The third-order valence-electron chi connectivity index (χ3n) is 9.00. The highest BCUT2D eigenvalue weighted by Crippen LogP contribution is 2.59. The average Bonchev–Trinajstić information content (AvgIpc) is 3.99. The van der Waals surface area contributed by atoms with Crippen molar-refractivity contribution in [3.8, 4) is 0 Å². The Bertz CT molecular complexity index is 1280. The molecule has 0 bridgehead atoms. The Labute approximate surface area is 260 Å². The molecule has 13 nitrogen and oxygen atoms in total. The number of carbonyl (C=O) groups excluding carboxylic acids is 2. The van der Waals surface area contributed by atoms with Crippen LogP contribution in [0.2, 0.25) is 0 Å². The van der Waals surface area contributed by atoms with Crippen LogP contribution in [-0.2, 0) is 28.5 Å². The number of aliphatic hydroxyl groups is 5. The number of benzene rings is 1. The summed E-state index contributed by atoms with van der Waals surface area (Å²) in [4.78, 5) is 26.3. The summed E-state index contributed by atoms with van der Waals surface area (Å²) in [5.74, 6) is -1.06. The molecule has 2 aliphatic heterocycles. The van der Waals surface area contributed by atoms with Crippen LogP contribution >= 0.6 is 0 Å². The summed E-state index contributed by atoms with van der Waals surface area (Å²) in [6.07, 6.45) is 0.622. The van der Waals surface area contributed by atoms with Gasteiger partial charge in [0, 0.05) is 30.4 Å². The standard InChI is InChI=1S/C32H41NO12/c34-11-10-33-29(39)19-14-22(28-23(15-19)44-32(45-28,20-6-7-20)21-8-9-21)42-30(40)18-5-1-3-17(13-18)4-2-12-41-31-27(38)26(37)25(36)24(16-35)43-31/h1-5,13,15,20-28,31,34-38H,6-12,14,16H2,(H,33,39). The number of aliphatic hydroxyl groups excluding tert-OH is 5. The number of carbonyl (C=O) groups is 2. The van der Waals surface area contributed by atoms with Crippen LogP contribution in [0.1, 0.15) is 48.0 Å². The van der Waals surface area contributed by atoms with Gasteiger partial charge in [0.25, 0.3) is 0 Å². The van der Waals surface area contributed by atoms with Crippen LogP contribution in [0.5, 0.6) is 0 Å². The van der Waals surface area contributed by atoms with Crippen LogP contribution in [-0.4, -0.2) is 119 Å². The Balaban J connectivity index is 1.11. The van der Waals surface area contributed by atoms with Gasteiger partial charge in [0.05, 0.1) is 25.4 Å². The molecule has 13 heteroatoms. The lowest BCUT2D eigenvalue weighted by Crippen LogP contribution is -2.59. The van der Waals surface area contributed by atoms with E-state index in [9.17, 15) is 30.0 Å². The summed E-state index contributed by atoms with van der Waals surface area (Å²) in [6, 6.07) is 6.74. The lowest BCUT2D eigenvalue weighted by Gasteiger charge is -2.39. The molecule has 0 radical (unpaired) electrons. The highest BCUT2D eigenvalue weighted by atomic mass is 16.8. The summed E-state index contributed by atoms with van der Waals surface area (Å²) in [6.45, 7) is -0.674. The Morgan fingerprint density at radius 1 is 1.02 bits per heavy atom. The van der Waals surface area contributed by atoms with Gasteiger partial charge in [0.1, 0.15) is 42.7 Å². The molecule has 1 amide bonds. The maximum Gasteiger partial charge on any atom is 0.338 e. The van der Waals surface area contributed by atoms with E-state index < -0.39 is 67.4 Å². The largest absolute Gasteiger partial charge is 0.456 e. The fourth-order valence-corrected chi connectivity index (χ4v) is 6.37. The van der Waals surface area contributed by atoms with Crippen molar-refractivity contribution in [3.63, 3.8) is 0 Å². The minimum absolute atomic E-state index is 0.0307. The summed E-state index contributed by atoms with van der Waals surface area (Å²) in [7, 11) is 0. The number of hydrogen-bond donors (Lipinski definition) is 6. The molecule has 4 fully saturated rings. The highest BCUT2D eigenvalue weighted by Gasteiger charge is 2.64. The molecule has 6 rings (SSSR count). The van der Waals surface area contributed by atoms with Gasteiger partial charge in [0.2, 0.25) is 5.91 Å². The van der Waals surface area contributed by atoms with Gasteiger partial charge in [0.15, 0.2) is 12.1 Å². The molecule has 45 heavy (non-hydrogen) atoms. The predicted octanol–water partition coefficient (Wildman–Crippen LogP) is -0.219. The van der Waals surface area contributed by atoms with E-state index in [-0.39, 0.29) is 32.1 Å². The van der Waals surface area contributed by atoms with Crippen LogP contribution < -0.4 is 5.32 Å². The van der Waals surface area contributed by atoms with E-state index in [4.69, 9.17) is 28.8 Å². The number of nitrogens with one attached hydrogen (secondary N) is 1. The van der Waals surface area contributed by atoms with Crippen molar-refractivity contribution in [3.05, 3.63) is 53.1 Å². The zero-order valence-corrected chi connectivity index (χ0v) is 24.8. The van der Waals surface area contributed by atoms with Crippen molar-refractivity contribution >= 4 is 18.0 Å². The molecule has 5 aliphatic rings. The summed E-state index contributed by atoms with van der Waals surface area (Å²) < 4.78 is 30.0. The maximum absolute atomic E-state index is 13.4. The second kappa shape index (κ2) is 13.6. The molecule has 2 saturated heterocycles. The van der Waals surface area contributed by atoms with Crippen molar-refractivity contribution < 1.29 is 58.8 Å². The molecule has 6 N–H and O–H groups in total. The summed E-state index contributed by atoms with van der Waals surface area (Å²) in [5.41, 5.74) is 1.37. The zero-order chi connectivity index (χ0) is 31.7. The van der Waals surface area contributed by atoms with E-state index in [1.54, 1.807) is 42.5 Å².